The monoisotopic (exact) mass is 205 g/mol. The van der Waals surface area contributed by atoms with Gasteiger partial charge in [0.25, 0.3) is 0 Å². The third-order valence-electron chi connectivity index (χ3n) is 3.04. The summed E-state index contributed by atoms with van der Waals surface area (Å²) in [5.41, 5.74) is 2.57. The van der Waals surface area contributed by atoms with E-state index in [0.29, 0.717) is 0 Å². The Labute approximate surface area is 91.9 Å². The summed E-state index contributed by atoms with van der Waals surface area (Å²) in [5, 5.41) is 0. The molecule has 1 heterocycles. The molecule has 0 spiro atoms. The van der Waals surface area contributed by atoms with E-state index in [0.717, 1.165) is 12.3 Å². The maximum atomic E-state index is 5.41. The zero-order valence-electron chi connectivity index (χ0n) is 9.62. The molecule has 1 fully saturated rings. The minimum absolute atomic E-state index is 1.03. The Morgan fingerprint density at radius 1 is 1.27 bits per heavy atom. The lowest BCUT2D eigenvalue weighted by Gasteiger charge is -2.17. The van der Waals surface area contributed by atoms with Crippen LogP contribution in [0.1, 0.15) is 24.0 Å². The van der Waals surface area contributed by atoms with Gasteiger partial charge in [-0.3, -0.25) is 4.90 Å². The highest BCUT2D eigenvalue weighted by atomic mass is 16.5. The minimum atomic E-state index is 1.03. The number of hydrogen-bond donors (Lipinski definition) is 0. The quantitative estimate of drug-likeness (QED) is 0.752. The van der Waals surface area contributed by atoms with E-state index in [1.807, 2.05) is 0 Å². The Morgan fingerprint density at radius 2 is 2.00 bits per heavy atom. The first-order valence-electron chi connectivity index (χ1n) is 5.65. The van der Waals surface area contributed by atoms with Crippen LogP contribution in [0.25, 0.3) is 0 Å². The molecule has 2 nitrogen and oxygen atoms in total. The fourth-order valence-electron chi connectivity index (χ4n) is 2.16. The van der Waals surface area contributed by atoms with Crippen molar-refractivity contribution >= 4 is 0 Å². The number of benzene rings is 1. The highest BCUT2D eigenvalue weighted by Crippen LogP contribution is 2.23. The van der Waals surface area contributed by atoms with Gasteiger partial charge in [-0.05, 0) is 44.5 Å². The Kier molecular flexibility index (Phi) is 3.27. The van der Waals surface area contributed by atoms with Crippen LogP contribution in [0.2, 0.25) is 0 Å². The molecule has 0 saturated carbocycles. The van der Waals surface area contributed by atoms with E-state index in [1.54, 1.807) is 7.11 Å². The molecule has 0 unspecified atom stereocenters. The zero-order chi connectivity index (χ0) is 10.7. The minimum Gasteiger partial charge on any atom is -0.496 e. The zero-order valence-corrected chi connectivity index (χ0v) is 9.62. The first-order chi connectivity index (χ1) is 7.29. The van der Waals surface area contributed by atoms with Gasteiger partial charge in [0.05, 0.1) is 7.11 Å². The standard InChI is InChI=1S/C13H19NO/c1-11-5-6-12(13(9-11)15-2)10-14-7-3-4-8-14/h5-6,9H,3-4,7-8,10H2,1-2H3. The molecule has 2 rings (SSSR count). The second-order valence-electron chi connectivity index (χ2n) is 4.30. The average molecular weight is 205 g/mol. The number of hydrogen-bond acceptors (Lipinski definition) is 2. The molecular formula is C13H19NO. The van der Waals surface area contributed by atoms with Crippen LogP contribution < -0.4 is 4.74 Å². The highest BCUT2D eigenvalue weighted by molar-refractivity contribution is 5.37. The first-order valence-corrected chi connectivity index (χ1v) is 5.65. The van der Waals surface area contributed by atoms with E-state index in [2.05, 4.69) is 30.0 Å². The van der Waals surface area contributed by atoms with Gasteiger partial charge in [-0.2, -0.15) is 0 Å². The molecule has 0 aliphatic carbocycles. The summed E-state index contributed by atoms with van der Waals surface area (Å²) < 4.78 is 5.41. The molecule has 0 radical (unpaired) electrons. The maximum absolute atomic E-state index is 5.41. The van der Waals surface area contributed by atoms with Crippen LogP contribution in [0.15, 0.2) is 18.2 Å². The molecule has 15 heavy (non-hydrogen) atoms. The maximum Gasteiger partial charge on any atom is 0.123 e. The van der Waals surface area contributed by atoms with E-state index >= 15 is 0 Å². The molecule has 1 aliphatic rings. The van der Waals surface area contributed by atoms with Gasteiger partial charge in [-0.25, -0.2) is 0 Å². The number of methoxy groups -OCH3 is 1. The highest BCUT2D eigenvalue weighted by Gasteiger charge is 2.13. The lowest BCUT2D eigenvalue weighted by atomic mass is 10.1. The summed E-state index contributed by atoms with van der Waals surface area (Å²) in [7, 11) is 1.75. The predicted molar refractivity (Wildman–Crippen MR) is 62.2 cm³/mol. The summed E-state index contributed by atoms with van der Waals surface area (Å²) in [4.78, 5) is 2.49. The number of ether oxygens (including phenoxy) is 1. The van der Waals surface area contributed by atoms with E-state index < -0.39 is 0 Å². The molecule has 0 aromatic heterocycles. The van der Waals surface area contributed by atoms with Crippen molar-refractivity contribution < 1.29 is 4.74 Å². The molecule has 0 bridgehead atoms. The van der Waals surface area contributed by atoms with Crippen LogP contribution in [-0.2, 0) is 6.54 Å². The number of likely N-dealkylation sites (tertiary alicyclic amines) is 1. The second kappa shape index (κ2) is 4.67. The van der Waals surface area contributed by atoms with E-state index in [4.69, 9.17) is 4.74 Å². The number of rotatable bonds is 3. The Balaban J connectivity index is 2.12. The molecule has 0 N–H and O–H groups in total. The third kappa shape index (κ3) is 2.51. The van der Waals surface area contributed by atoms with Gasteiger partial charge < -0.3 is 4.74 Å². The molecule has 0 amide bonds. The van der Waals surface area contributed by atoms with Crippen molar-refractivity contribution in [3.63, 3.8) is 0 Å². The van der Waals surface area contributed by atoms with Gasteiger partial charge in [-0.15, -0.1) is 0 Å². The summed E-state index contributed by atoms with van der Waals surface area (Å²) in [6.07, 6.45) is 2.68. The topological polar surface area (TPSA) is 12.5 Å². The Hall–Kier alpha value is -1.02. The van der Waals surface area contributed by atoms with Crippen LogP contribution in [0.5, 0.6) is 5.75 Å². The van der Waals surface area contributed by atoms with Gasteiger partial charge in [0, 0.05) is 12.1 Å². The number of nitrogens with zero attached hydrogens (tertiary/aromatic N) is 1. The van der Waals surface area contributed by atoms with Crippen LogP contribution >= 0.6 is 0 Å². The summed E-state index contributed by atoms with van der Waals surface area (Å²) in [6.45, 7) is 5.60. The van der Waals surface area contributed by atoms with E-state index in [-0.39, 0.29) is 0 Å². The summed E-state index contributed by atoms with van der Waals surface area (Å²) in [6, 6.07) is 6.46. The second-order valence-corrected chi connectivity index (χ2v) is 4.30. The lowest BCUT2D eigenvalue weighted by Crippen LogP contribution is -2.18. The van der Waals surface area contributed by atoms with Crippen molar-refractivity contribution in [1.82, 2.24) is 4.90 Å². The van der Waals surface area contributed by atoms with Crippen molar-refractivity contribution in [2.75, 3.05) is 20.2 Å². The van der Waals surface area contributed by atoms with E-state index in [9.17, 15) is 0 Å². The largest absolute Gasteiger partial charge is 0.496 e. The van der Waals surface area contributed by atoms with E-state index in [1.165, 1.54) is 37.1 Å². The van der Waals surface area contributed by atoms with Crippen LogP contribution in [-0.4, -0.2) is 25.1 Å². The van der Waals surface area contributed by atoms with Crippen molar-refractivity contribution in [2.24, 2.45) is 0 Å². The van der Waals surface area contributed by atoms with Crippen molar-refractivity contribution in [3.05, 3.63) is 29.3 Å². The van der Waals surface area contributed by atoms with Gasteiger partial charge in [0.1, 0.15) is 5.75 Å². The smallest absolute Gasteiger partial charge is 0.123 e. The van der Waals surface area contributed by atoms with Crippen LogP contribution in [0.4, 0.5) is 0 Å². The van der Waals surface area contributed by atoms with Crippen LogP contribution in [0.3, 0.4) is 0 Å². The molecule has 1 saturated heterocycles. The van der Waals surface area contributed by atoms with Crippen molar-refractivity contribution in [3.8, 4) is 5.75 Å². The van der Waals surface area contributed by atoms with Crippen molar-refractivity contribution in [2.45, 2.75) is 26.3 Å². The SMILES string of the molecule is COc1cc(C)ccc1CN1CCCC1. The molecule has 2 heteroatoms. The Bertz CT molecular complexity index is 329. The number of aryl methyl sites for hydroxylation is 1. The fraction of sp³-hybridized carbons (Fsp3) is 0.538. The molecule has 0 atom stereocenters. The summed E-state index contributed by atoms with van der Waals surface area (Å²) in [5.74, 6) is 1.03. The predicted octanol–water partition coefficient (Wildman–Crippen LogP) is 2.60. The van der Waals surface area contributed by atoms with Crippen molar-refractivity contribution in [1.29, 1.82) is 0 Å². The molecule has 1 aliphatic heterocycles. The van der Waals surface area contributed by atoms with Gasteiger partial charge in [0.15, 0.2) is 0 Å². The Morgan fingerprint density at radius 3 is 2.67 bits per heavy atom. The van der Waals surface area contributed by atoms with Crippen LogP contribution in [0, 0.1) is 6.92 Å². The first kappa shape index (κ1) is 10.5. The van der Waals surface area contributed by atoms with Gasteiger partial charge in [0.2, 0.25) is 0 Å². The normalized spacial score (nSPS) is 16.9. The molecular weight excluding hydrogens is 186 g/mol. The third-order valence-corrected chi connectivity index (χ3v) is 3.04. The van der Waals surface area contributed by atoms with Gasteiger partial charge in [-0.1, -0.05) is 12.1 Å². The van der Waals surface area contributed by atoms with Gasteiger partial charge >= 0.3 is 0 Å². The summed E-state index contributed by atoms with van der Waals surface area (Å²) >= 11 is 0. The lowest BCUT2D eigenvalue weighted by molar-refractivity contribution is 0.321. The molecule has 82 valence electrons. The fourth-order valence-corrected chi connectivity index (χ4v) is 2.16. The average Bonchev–Trinajstić information content (AvgIpc) is 2.73. The molecule has 1 aromatic rings. The molecule has 1 aromatic carbocycles.